The summed E-state index contributed by atoms with van der Waals surface area (Å²) in [6.45, 7) is 0. The Kier molecular flexibility index (Phi) is 3.64. The lowest BCUT2D eigenvalue weighted by molar-refractivity contribution is 0.419. The van der Waals surface area contributed by atoms with E-state index in [1.54, 1.807) is 7.11 Å². The molecule has 2 nitrogen and oxygen atoms in total. The fraction of sp³-hybridized carbons (Fsp3) is 0.0625. The number of rotatable bonds is 2. The molecule has 1 heterocycles. The number of methoxy groups -OCH3 is 1. The van der Waals surface area contributed by atoms with Crippen LogP contribution in [0.15, 0.2) is 53.0 Å². The van der Waals surface area contributed by atoms with Crippen LogP contribution in [0, 0.1) is 0 Å². The van der Waals surface area contributed by atoms with Crippen molar-refractivity contribution in [1.82, 2.24) is 4.98 Å². The van der Waals surface area contributed by atoms with Gasteiger partial charge in [0, 0.05) is 10.0 Å². The molecule has 1 aromatic heterocycles. The Morgan fingerprint density at radius 1 is 1.10 bits per heavy atom. The van der Waals surface area contributed by atoms with Gasteiger partial charge in [0.15, 0.2) is 0 Å². The average Bonchev–Trinajstić information content (AvgIpc) is 2.49. The molecule has 0 spiro atoms. The highest BCUT2D eigenvalue weighted by molar-refractivity contribution is 9.10. The summed E-state index contributed by atoms with van der Waals surface area (Å²) in [6.07, 6.45) is 0. The molecule has 3 aromatic rings. The number of fused-ring (bicyclic) bond motifs is 1. The van der Waals surface area contributed by atoms with Gasteiger partial charge in [-0.05, 0) is 34.1 Å². The number of hydrogen-bond acceptors (Lipinski definition) is 2. The maximum absolute atomic E-state index is 6.43. The van der Waals surface area contributed by atoms with Gasteiger partial charge in [-0.1, -0.05) is 41.9 Å². The molecule has 0 saturated carbocycles. The van der Waals surface area contributed by atoms with Crippen molar-refractivity contribution in [2.45, 2.75) is 0 Å². The van der Waals surface area contributed by atoms with Gasteiger partial charge in [-0.15, -0.1) is 0 Å². The SMILES string of the molecule is COc1ccc(Br)c2nc(-c3ccccc3)cc(Cl)c12. The normalized spacial score (nSPS) is 10.8. The van der Waals surface area contributed by atoms with Crippen molar-refractivity contribution in [3.63, 3.8) is 0 Å². The van der Waals surface area contributed by atoms with Gasteiger partial charge < -0.3 is 4.74 Å². The lowest BCUT2D eigenvalue weighted by Crippen LogP contribution is -1.91. The summed E-state index contributed by atoms with van der Waals surface area (Å²) in [5.41, 5.74) is 2.68. The zero-order valence-electron chi connectivity index (χ0n) is 10.7. The van der Waals surface area contributed by atoms with E-state index in [2.05, 4.69) is 15.9 Å². The predicted octanol–water partition coefficient (Wildman–Crippen LogP) is 5.33. The third kappa shape index (κ3) is 2.28. The van der Waals surface area contributed by atoms with Gasteiger partial charge in [0.05, 0.1) is 28.7 Å². The summed E-state index contributed by atoms with van der Waals surface area (Å²) in [7, 11) is 1.63. The van der Waals surface area contributed by atoms with Crippen LogP contribution in [0.25, 0.3) is 22.2 Å². The van der Waals surface area contributed by atoms with E-state index < -0.39 is 0 Å². The number of nitrogens with zero attached hydrogens (tertiary/aromatic N) is 1. The van der Waals surface area contributed by atoms with Crippen LogP contribution in [0.2, 0.25) is 5.02 Å². The van der Waals surface area contributed by atoms with Crippen molar-refractivity contribution in [1.29, 1.82) is 0 Å². The minimum Gasteiger partial charge on any atom is -0.496 e. The van der Waals surface area contributed by atoms with Crippen LogP contribution in [-0.4, -0.2) is 12.1 Å². The van der Waals surface area contributed by atoms with Crippen molar-refractivity contribution < 1.29 is 4.74 Å². The van der Waals surface area contributed by atoms with Gasteiger partial charge in [0.25, 0.3) is 0 Å². The predicted molar refractivity (Wildman–Crippen MR) is 86.4 cm³/mol. The summed E-state index contributed by atoms with van der Waals surface area (Å²) in [5.74, 6) is 0.723. The summed E-state index contributed by atoms with van der Waals surface area (Å²) in [5, 5.41) is 1.45. The number of halogens is 2. The Morgan fingerprint density at radius 2 is 1.85 bits per heavy atom. The third-order valence-corrected chi connectivity index (χ3v) is 4.05. The molecule has 0 radical (unpaired) electrons. The van der Waals surface area contributed by atoms with Gasteiger partial charge in [-0.25, -0.2) is 4.98 Å². The first-order valence-electron chi connectivity index (χ1n) is 6.09. The number of ether oxygens (including phenoxy) is 1. The van der Waals surface area contributed by atoms with Gasteiger partial charge in [0.1, 0.15) is 5.75 Å². The molecule has 0 bridgehead atoms. The van der Waals surface area contributed by atoms with Gasteiger partial charge in [-0.3, -0.25) is 0 Å². The zero-order valence-corrected chi connectivity index (χ0v) is 13.1. The Labute approximate surface area is 130 Å². The number of benzene rings is 2. The number of hydrogen-bond donors (Lipinski definition) is 0. The van der Waals surface area contributed by atoms with Crippen LogP contribution in [0.3, 0.4) is 0 Å². The Bertz CT molecular complexity index is 774. The molecule has 2 aromatic carbocycles. The number of aromatic nitrogens is 1. The molecule has 4 heteroatoms. The highest BCUT2D eigenvalue weighted by atomic mass is 79.9. The summed E-state index contributed by atoms with van der Waals surface area (Å²) < 4.78 is 6.26. The summed E-state index contributed by atoms with van der Waals surface area (Å²) in [6, 6.07) is 15.6. The van der Waals surface area contributed by atoms with E-state index in [0.717, 1.165) is 32.4 Å². The summed E-state index contributed by atoms with van der Waals surface area (Å²) >= 11 is 9.95. The molecule has 0 aliphatic rings. The van der Waals surface area contributed by atoms with Gasteiger partial charge >= 0.3 is 0 Å². The first kappa shape index (κ1) is 13.4. The molecular formula is C16H11BrClNO. The highest BCUT2D eigenvalue weighted by Gasteiger charge is 2.13. The smallest absolute Gasteiger partial charge is 0.129 e. The molecule has 0 aliphatic heterocycles. The minimum atomic E-state index is 0.631. The monoisotopic (exact) mass is 347 g/mol. The highest BCUT2D eigenvalue weighted by Crippen LogP contribution is 2.37. The molecule has 20 heavy (non-hydrogen) atoms. The first-order chi connectivity index (χ1) is 9.70. The lowest BCUT2D eigenvalue weighted by atomic mass is 10.1. The molecule has 0 amide bonds. The van der Waals surface area contributed by atoms with Crippen molar-refractivity contribution >= 4 is 38.4 Å². The number of pyridine rings is 1. The summed E-state index contributed by atoms with van der Waals surface area (Å²) in [4.78, 5) is 4.70. The zero-order chi connectivity index (χ0) is 14.1. The van der Waals surface area contributed by atoms with E-state index in [9.17, 15) is 0 Å². The standard InChI is InChI=1S/C16H11BrClNO/c1-20-14-8-7-11(17)16-15(14)12(18)9-13(19-16)10-5-3-2-4-6-10/h2-9H,1H3. The Morgan fingerprint density at radius 3 is 2.55 bits per heavy atom. The topological polar surface area (TPSA) is 22.1 Å². The lowest BCUT2D eigenvalue weighted by Gasteiger charge is -2.10. The van der Waals surface area contributed by atoms with Crippen LogP contribution >= 0.6 is 27.5 Å². The van der Waals surface area contributed by atoms with E-state index >= 15 is 0 Å². The molecular weight excluding hydrogens is 338 g/mol. The third-order valence-electron chi connectivity index (χ3n) is 3.11. The average molecular weight is 349 g/mol. The van der Waals surface area contributed by atoms with Crippen LogP contribution in [0.1, 0.15) is 0 Å². The maximum atomic E-state index is 6.43. The molecule has 0 saturated heterocycles. The fourth-order valence-electron chi connectivity index (χ4n) is 2.16. The molecule has 3 rings (SSSR count). The van der Waals surface area contributed by atoms with Crippen LogP contribution in [-0.2, 0) is 0 Å². The van der Waals surface area contributed by atoms with Gasteiger partial charge in [-0.2, -0.15) is 0 Å². The second-order valence-corrected chi connectivity index (χ2v) is 5.59. The Balaban J connectivity index is 2.32. The Hall–Kier alpha value is -1.58. The van der Waals surface area contributed by atoms with Gasteiger partial charge in [0.2, 0.25) is 0 Å². The van der Waals surface area contributed by atoms with E-state index in [0.29, 0.717) is 5.02 Å². The van der Waals surface area contributed by atoms with E-state index in [4.69, 9.17) is 21.3 Å². The van der Waals surface area contributed by atoms with Crippen molar-refractivity contribution in [3.05, 3.63) is 58.0 Å². The minimum absolute atomic E-state index is 0.631. The van der Waals surface area contributed by atoms with Crippen LogP contribution in [0.4, 0.5) is 0 Å². The first-order valence-corrected chi connectivity index (χ1v) is 7.26. The molecule has 0 aliphatic carbocycles. The fourth-order valence-corrected chi connectivity index (χ4v) is 2.86. The maximum Gasteiger partial charge on any atom is 0.129 e. The van der Waals surface area contributed by atoms with Crippen LogP contribution in [0.5, 0.6) is 5.75 Å². The second-order valence-electron chi connectivity index (χ2n) is 4.33. The van der Waals surface area contributed by atoms with E-state index in [1.807, 2.05) is 48.5 Å². The van der Waals surface area contributed by atoms with Crippen molar-refractivity contribution in [2.24, 2.45) is 0 Å². The van der Waals surface area contributed by atoms with Crippen molar-refractivity contribution in [2.75, 3.05) is 7.11 Å². The molecule has 0 N–H and O–H groups in total. The van der Waals surface area contributed by atoms with E-state index in [-0.39, 0.29) is 0 Å². The van der Waals surface area contributed by atoms with Crippen LogP contribution < -0.4 is 4.74 Å². The largest absolute Gasteiger partial charge is 0.496 e. The molecule has 100 valence electrons. The molecule has 0 fully saturated rings. The van der Waals surface area contributed by atoms with Crippen molar-refractivity contribution in [3.8, 4) is 17.0 Å². The quantitative estimate of drug-likeness (QED) is 0.625. The second kappa shape index (κ2) is 5.43. The molecule has 0 atom stereocenters. The molecule has 0 unspecified atom stereocenters. The van der Waals surface area contributed by atoms with E-state index in [1.165, 1.54) is 0 Å².